The molecule has 164 valence electrons. The summed E-state index contributed by atoms with van der Waals surface area (Å²) in [4.78, 5) is 2.31. The Morgan fingerprint density at radius 1 is 1.00 bits per heavy atom. The molecule has 1 fully saturated rings. The fourth-order valence-corrected chi connectivity index (χ4v) is 4.43. The van der Waals surface area contributed by atoms with Gasteiger partial charge in [0.1, 0.15) is 17.5 Å². The standard InChI is InChI=1S/C24H22F3N5/c25-18-6-8-19(9-7-18)32-14-16(11-29-32)13-31-10-2-3-17(15-31)24-20(12-28-30-24)23-21(26)4-1-5-22(23)27/h1,4-9,11-12,14,17H,2-3,10,13,15H2,(H,28,30)/t17-/m1/s1. The molecule has 0 amide bonds. The summed E-state index contributed by atoms with van der Waals surface area (Å²) in [6.07, 6.45) is 7.13. The fraction of sp³-hybridized carbons (Fsp3) is 0.250. The molecule has 1 aliphatic heterocycles. The molecule has 1 aliphatic rings. The van der Waals surface area contributed by atoms with Crippen molar-refractivity contribution in [2.45, 2.75) is 25.3 Å². The number of hydrogen-bond donors (Lipinski definition) is 1. The second-order valence-corrected chi connectivity index (χ2v) is 8.14. The quantitative estimate of drug-likeness (QED) is 0.475. The second kappa shape index (κ2) is 8.63. The van der Waals surface area contributed by atoms with Crippen LogP contribution < -0.4 is 0 Å². The van der Waals surface area contributed by atoms with Gasteiger partial charge in [0.05, 0.1) is 23.6 Å². The Bertz CT molecular complexity index is 1190. The Hall–Kier alpha value is -3.39. The lowest BCUT2D eigenvalue weighted by Gasteiger charge is -2.32. The van der Waals surface area contributed by atoms with Crippen molar-refractivity contribution in [1.29, 1.82) is 0 Å². The summed E-state index contributed by atoms with van der Waals surface area (Å²) < 4.78 is 43.6. The van der Waals surface area contributed by atoms with E-state index in [1.54, 1.807) is 16.8 Å². The van der Waals surface area contributed by atoms with Crippen molar-refractivity contribution in [1.82, 2.24) is 24.9 Å². The van der Waals surface area contributed by atoms with E-state index in [0.29, 0.717) is 12.1 Å². The largest absolute Gasteiger partial charge is 0.298 e. The van der Waals surface area contributed by atoms with Gasteiger partial charge in [0, 0.05) is 42.0 Å². The van der Waals surface area contributed by atoms with Gasteiger partial charge in [-0.15, -0.1) is 0 Å². The topological polar surface area (TPSA) is 49.7 Å². The van der Waals surface area contributed by atoms with Crippen LogP contribution in [0.3, 0.4) is 0 Å². The van der Waals surface area contributed by atoms with Crippen LogP contribution in [0.4, 0.5) is 13.2 Å². The van der Waals surface area contributed by atoms with Crippen LogP contribution in [0.5, 0.6) is 0 Å². The Morgan fingerprint density at radius 2 is 1.78 bits per heavy atom. The lowest BCUT2D eigenvalue weighted by molar-refractivity contribution is 0.198. The monoisotopic (exact) mass is 437 g/mol. The van der Waals surface area contributed by atoms with Gasteiger partial charge in [0.15, 0.2) is 0 Å². The van der Waals surface area contributed by atoms with Crippen molar-refractivity contribution in [2.75, 3.05) is 13.1 Å². The summed E-state index contributed by atoms with van der Waals surface area (Å²) in [6, 6.07) is 10.1. The number of likely N-dealkylation sites (tertiary alicyclic amines) is 1. The number of nitrogens with one attached hydrogen (secondary N) is 1. The van der Waals surface area contributed by atoms with Crippen molar-refractivity contribution < 1.29 is 13.2 Å². The molecule has 2 aromatic carbocycles. The first-order valence-corrected chi connectivity index (χ1v) is 10.6. The zero-order chi connectivity index (χ0) is 22.1. The molecular weight excluding hydrogens is 415 g/mol. The van der Waals surface area contributed by atoms with E-state index < -0.39 is 11.6 Å². The van der Waals surface area contributed by atoms with Crippen LogP contribution in [0.25, 0.3) is 16.8 Å². The molecule has 3 heterocycles. The van der Waals surface area contributed by atoms with E-state index in [0.717, 1.165) is 42.9 Å². The van der Waals surface area contributed by atoms with Gasteiger partial charge in [-0.2, -0.15) is 10.2 Å². The Morgan fingerprint density at radius 3 is 2.56 bits per heavy atom. The van der Waals surface area contributed by atoms with E-state index in [9.17, 15) is 13.2 Å². The van der Waals surface area contributed by atoms with Crippen molar-refractivity contribution >= 4 is 0 Å². The van der Waals surface area contributed by atoms with Gasteiger partial charge >= 0.3 is 0 Å². The van der Waals surface area contributed by atoms with Crippen molar-refractivity contribution in [2.24, 2.45) is 0 Å². The predicted molar refractivity (Wildman–Crippen MR) is 115 cm³/mol. The summed E-state index contributed by atoms with van der Waals surface area (Å²) in [5, 5.41) is 11.5. The summed E-state index contributed by atoms with van der Waals surface area (Å²) in [5.41, 5.74) is 3.05. The van der Waals surface area contributed by atoms with Gasteiger partial charge in [-0.25, -0.2) is 17.9 Å². The highest BCUT2D eigenvalue weighted by atomic mass is 19.1. The third-order valence-corrected chi connectivity index (χ3v) is 5.95. The van der Waals surface area contributed by atoms with Crippen molar-refractivity contribution in [3.05, 3.63) is 89.8 Å². The normalized spacial score (nSPS) is 17.0. The molecule has 0 radical (unpaired) electrons. The van der Waals surface area contributed by atoms with Crippen LogP contribution >= 0.6 is 0 Å². The molecule has 32 heavy (non-hydrogen) atoms. The first-order valence-electron chi connectivity index (χ1n) is 10.6. The van der Waals surface area contributed by atoms with E-state index in [4.69, 9.17) is 0 Å². The maximum atomic E-state index is 14.4. The van der Waals surface area contributed by atoms with Crippen LogP contribution in [0.15, 0.2) is 61.1 Å². The Balaban J connectivity index is 1.32. The van der Waals surface area contributed by atoms with Gasteiger partial charge in [-0.1, -0.05) is 6.07 Å². The zero-order valence-electron chi connectivity index (χ0n) is 17.3. The third kappa shape index (κ3) is 4.05. The average Bonchev–Trinajstić information content (AvgIpc) is 3.45. The number of H-pyrrole nitrogens is 1. The van der Waals surface area contributed by atoms with Gasteiger partial charge in [0.25, 0.3) is 0 Å². The molecule has 1 N–H and O–H groups in total. The number of rotatable bonds is 5. The molecule has 0 bridgehead atoms. The minimum Gasteiger partial charge on any atom is -0.298 e. The molecule has 4 aromatic rings. The fourth-order valence-electron chi connectivity index (χ4n) is 4.43. The molecule has 0 saturated carbocycles. The number of halogens is 3. The number of aromatic nitrogens is 4. The van der Waals surface area contributed by atoms with Crippen LogP contribution in [0.2, 0.25) is 0 Å². The highest BCUT2D eigenvalue weighted by Crippen LogP contribution is 2.35. The van der Waals surface area contributed by atoms with E-state index >= 15 is 0 Å². The molecule has 0 unspecified atom stereocenters. The van der Waals surface area contributed by atoms with Gasteiger partial charge < -0.3 is 0 Å². The van der Waals surface area contributed by atoms with Crippen LogP contribution in [0, 0.1) is 17.5 Å². The first kappa shape index (κ1) is 20.5. The van der Waals surface area contributed by atoms with E-state index in [1.807, 2.05) is 12.4 Å². The summed E-state index contributed by atoms with van der Waals surface area (Å²) >= 11 is 0. The molecule has 0 spiro atoms. The second-order valence-electron chi connectivity index (χ2n) is 8.14. The molecule has 0 aliphatic carbocycles. The number of piperidine rings is 1. The molecule has 2 aromatic heterocycles. The molecule has 5 nitrogen and oxygen atoms in total. The van der Waals surface area contributed by atoms with Crippen LogP contribution in [-0.2, 0) is 6.54 Å². The highest BCUT2D eigenvalue weighted by Gasteiger charge is 2.27. The highest BCUT2D eigenvalue weighted by molar-refractivity contribution is 5.67. The van der Waals surface area contributed by atoms with Gasteiger partial charge in [-0.05, 0) is 55.8 Å². The predicted octanol–water partition coefficient (Wildman–Crippen LogP) is 5.06. The van der Waals surface area contributed by atoms with E-state index in [1.165, 1.54) is 36.5 Å². The minimum absolute atomic E-state index is 0.0334. The lowest BCUT2D eigenvalue weighted by Crippen LogP contribution is -2.34. The van der Waals surface area contributed by atoms with Crippen molar-refractivity contribution in [3.63, 3.8) is 0 Å². The minimum atomic E-state index is -0.589. The Kier molecular flexibility index (Phi) is 5.53. The average molecular weight is 437 g/mol. The van der Waals surface area contributed by atoms with Crippen LogP contribution in [0.1, 0.15) is 30.0 Å². The van der Waals surface area contributed by atoms with E-state index in [-0.39, 0.29) is 17.3 Å². The summed E-state index contributed by atoms with van der Waals surface area (Å²) in [6.45, 7) is 2.37. The molecule has 8 heteroatoms. The number of aromatic amines is 1. The molecule has 5 rings (SSSR count). The summed E-state index contributed by atoms with van der Waals surface area (Å²) in [7, 11) is 0. The maximum absolute atomic E-state index is 14.4. The summed E-state index contributed by atoms with van der Waals surface area (Å²) in [5.74, 6) is -1.37. The molecular formula is C24H22F3N5. The van der Waals surface area contributed by atoms with Gasteiger partial charge in [-0.3, -0.25) is 10.00 Å². The molecule has 1 atom stereocenters. The smallest absolute Gasteiger partial charge is 0.134 e. The molecule has 1 saturated heterocycles. The number of nitrogens with zero attached hydrogens (tertiary/aromatic N) is 4. The maximum Gasteiger partial charge on any atom is 0.134 e. The Labute approximate surface area is 183 Å². The van der Waals surface area contributed by atoms with Crippen LogP contribution in [-0.4, -0.2) is 38.0 Å². The first-order chi connectivity index (χ1) is 15.6. The third-order valence-electron chi connectivity index (χ3n) is 5.95. The van der Waals surface area contributed by atoms with Crippen molar-refractivity contribution in [3.8, 4) is 16.8 Å². The lowest BCUT2D eigenvalue weighted by atomic mass is 9.90. The number of benzene rings is 2. The number of hydrogen-bond acceptors (Lipinski definition) is 3. The van der Waals surface area contributed by atoms with Gasteiger partial charge in [0.2, 0.25) is 0 Å². The zero-order valence-corrected chi connectivity index (χ0v) is 17.3. The van der Waals surface area contributed by atoms with E-state index in [2.05, 4.69) is 20.2 Å². The SMILES string of the molecule is Fc1ccc(-n2cc(CN3CCC[C@@H](c4[nH]ncc4-c4c(F)cccc4F)C3)cn2)cc1.